The van der Waals surface area contributed by atoms with E-state index in [1.54, 1.807) is 24.3 Å². The lowest BCUT2D eigenvalue weighted by atomic mass is 10.2. The summed E-state index contributed by atoms with van der Waals surface area (Å²) < 4.78 is 27.3. The predicted octanol–water partition coefficient (Wildman–Crippen LogP) is 1.64. The van der Waals surface area contributed by atoms with Crippen molar-refractivity contribution < 1.29 is 13.5 Å². The van der Waals surface area contributed by atoms with Crippen LogP contribution in [0, 0.1) is 0 Å². The quantitative estimate of drug-likeness (QED) is 0.907. The van der Waals surface area contributed by atoms with E-state index in [-0.39, 0.29) is 16.8 Å². The molecule has 4 nitrogen and oxygen atoms in total. The lowest BCUT2D eigenvalue weighted by Gasteiger charge is -2.08. The second-order valence-electron chi connectivity index (χ2n) is 3.81. The molecule has 0 spiro atoms. The van der Waals surface area contributed by atoms with Crippen LogP contribution in [0.5, 0.6) is 0 Å². The number of hydrogen-bond acceptors (Lipinski definition) is 4. The van der Waals surface area contributed by atoms with Crippen molar-refractivity contribution in [3.63, 3.8) is 0 Å². The third-order valence-corrected chi connectivity index (χ3v) is 5.07. The van der Waals surface area contributed by atoms with Gasteiger partial charge >= 0.3 is 0 Å². The topological polar surface area (TPSA) is 66.7 Å². The van der Waals surface area contributed by atoms with Crippen LogP contribution < -0.4 is 0 Å². The second kappa shape index (κ2) is 4.80. The number of rotatable bonds is 3. The van der Waals surface area contributed by atoms with E-state index in [1.807, 2.05) is 6.92 Å². The van der Waals surface area contributed by atoms with E-state index in [1.165, 1.54) is 11.8 Å². The smallest absolute Gasteiger partial charge is 0.284 e. The average Bonchev–Trinajstić information content (AvgIpc) is 2.52. The maximum absolute atomic E-state index is 11.8. The molecule has 17 heavy (non-hydrogen) atoms. The number of aliphatic hydroxyl groups is 1. The van der Waals surface area contributed by atoms with E-state index < -0.39 is 10.0 Å². The molecule has 0 aliphatic carbocycles. The first-order valence-corrected chi connectivity index (χ1v) is 7.58. The highest BCUT2D eigenvalue weighted by Crippen LogP contribution is 2.32. The van der Waals surface area contributed by atoms with Crippen LogP contribution in [0.25, 0.3) is 0 Å². The van der Waals surface area contributed by atoms with Crippen LogP contribution in [0.1, 0.15) is 18.9 Å². The van der Waals surface area contributed by atoms with Gasteiger partial charge in [-0.05, 0) is 12.5 Å². The molecule has 0 radical (unpaired) electrons. The lowest BCUT2D eigenvalue weighted by Crippen LogP contribution is -2.04. The molecule has 1 aromatic carbocycles. The Balaban J connectivity index is 2.32. The zero-order chi connectivity index (χ0) is 12.5. The summed E-state index contributed by atoms with van der Waals surface area (Å²) in [5.74, 6) is 0. The van der Waals surface area contributed by atoms with Crippen molar-refractivity contribution in [3.05, 3.63) is 29.8 Å². The Bertz CT molecular complexity index is 552. The van der Waals surface area contributed by atoms with E-state index in [0.717, 1.165) is 0 Å². The Morgan fingerprint density at radius 1 is 1.41 bits per heavy atom. The van der Waals surface area contributed by atoms with Crippen LogP contribution in [0.2, 0.25) is 0 Å². The summed E-state index contributed by atoms with van der Waals surface area (Å²) in [6, 6.07) is 6.82. The molecule has 1 aliphatic heterocycles. The van der Waals surface area contributed by atoms with Crippen LogP contribution in [0.15, 0.2) is 33.6 Å². The van der Waals surface area contributed by atoms with E-state index in [9.17, 15) is 8.42 Å². The minimum Gasteiger partial charge on any atom is -0.396 e. The standard InChI is InChI=1S/C11H13NO3S2/c1-8(6-7-13)16-11-9-4-2-3-5-10(9)17(14,15)12-11/h2-5,8,13H,6-7H2,1H3. The summed E-state index contributed by atoms with van der Waals surface area (Å²) in [6.07, 6.45) is 0.617. The first kappa shape index (κ1) is 12.6. The van der Waals surface area contributed by atoms with Gasteiger partial charge in [0.15, 0.2) is 0 Å². The fourth-order valence-corrected chi connectivity index (χ4v) is 4.14. The molecule has 1 atom stereocenters. The Hall–Kier alpha value is -0.850. The summed E-state index contributed by atoms with van der Waals surface area (Å²) in [7, 11) is -3.51. The van der Waals surface area contributed by atoms with Gasteiger partial charge in [-0.1, -0.05) is 25.1 Å². The Morgan fingerprint density at radius 2 is 2.12 bits per heavy atom. The van der Waals surface area contributed by atoms with Gasteiger partial charge in [0, 0.05) is 17.4 Å². The zero-order valence-electron chi connectivity index (χ0n) is 9.33. The van der Waals surface area contributed by atoms with Crippen molar-refractivity contribution in [1.82, 2.24) is 0 Å². The molecule has 1 unspecified atom stereocenters. The summed E-state index contributed by atoms with van der Waals surface area (Å²) in [5, 5.41) is 9.51. The Kier molecular flexibility index (Phi) is 3.56. The molecule has 1 heterocycles. The SMILES string of the molecule is CC(CCO)SC1=NS(=O)(=O)c2ccccc21. The summed E-state index contributed by atoms with van der Waals surface area (Å²) in [6.45, 7) is 2.03. The molecule has 2 rings (SSSR count). The van der Waals surface area contributed by atoms with E-state index >= 15 is 0 Å². The Morgan fingerprint density at radius 3 is 2.82 bits per heavy atom. The summed E-state index contributed by atoms with van der Waals surface area (Å²) in [5.41, 5.74) is 0.669. The van der Waals surface area contributed by atoms with Gasteiger partial charge in [-0.2, -0.15) is 12.8 Å². The fourth-order valence-electron chi connectivity index (χ4n) is 1.59. The number of thioether (sulfide) groups is 1. The minimum atomic E-state index is -3.51. The zero-order valence-corrected chi connectivity index (χ0v) is 11.0. The molecule has 1 aliphatic rings. The average molecular weight is 271 g/mol. The van der Waals surface area contributed by atoms with Gasteiger partial charge in [0.2, 0.25) is 0 Å². The highest BCUT2D eigenvalue weighted by atomic mass is 32.2. The number of sulfonamides is 1. The van der Waals surface area contributed by atoms with Gasteiger partial charge in [-0.15, -0.1) is 11.8 Å². The molecule has 6 heteroatoms. The highest BCUT2D eigenvalue weighted by Gasteiger charge is 2.29. The van der Waals surface area contributed by atoms with Crippen molar-refractivity contribution in [2.45, 2.75) is 23.5 Å². The van der Waals surface area contributed by atoms with Gasteiger partial charge in [0.25, 0.3) is 10.0 Å². The number of fused-ring (bicyclic) bond motifs is 1. The highest BCUT2D eigenvalue weighted by molar-refractivity contribution is 8.15. The Labute approximate surface area is 105 Å². The molecule has 0 bridgehead atoms. The van der Waals surface area contributed by atoms with Crippen LogP contribution in [0.4, 0.5) is 0 Å². The molecular weight excluding hydrogens is 258 g/mol. The first-order valence-electron chi connectivity index (χ1n) is 5.26. The predicted molar refractivity (Wildman–Crippen MR) is 68.9 cm³/mol. The third-order valence-electron chi connectivity index (χ3n) is 2.45. The molecule has 0 saturated carbocycles. The van der Waals surface area contributed by atoms with Crippen molar-refractivity contribution in [1.29, 1.82) is 0 Å². The number of benzene rings is 1. The monoisotopic (exact) mass is 271 g/mol. The maximum atomic E-state index is 11.8. The molecule has 0 aromatic heterocycles. The van der Waals surface area contributed by atoms with Gasteiger partial charge in [-0.25, -0.2) is 0 Å². The van der Waals surface area contributed by atoms with Crippen molar-refractivity contribution in [2.24, 2.45) is 4.40 Å². The molecular formula is C11H13NO3S2. The van der Waals surface area contributed by atoms with Crippen LogP contribution in [-0.4, -0.2) is 30.4 Å². The molecule has 92 valence electrons. The summed E-state index contributed by atoms with van der Waals surface area (Å²) >= 11 is 1.39. The van der Waals surface area contributed by atoms with Crippen molar-refractivity contribution >= 4 is 26.8 Å². The van der Waals surface area contributed by atoms with Gasteiger partial charge in [0.1, 0.15) is 5.04 Å². The lowest BCUT2D eigenvalue weighted by molar-refractivity contribution is 0.289. The minimum absolute atomic E-state index is 0.0931. The van der Waals surface area contributed by atoms with Crippen LogP contribution in [0.3, 0.4) is 0 Å². The molecule has 0 fully saturated rings. The van der Waals surface area contributed by atoms with Crippen LogP contribution in [-0.2, 0) is 10.0 Å². The third kappa shape index (κ3) is 2.53. The number of hydrogen-bond donors (Lipinski definition) is 1. The van der Waals surface area contributed by atoms with Gasteiger partial charge < -0.3 is 5.11 Å². The van der Waals surface area contributed by atoms with Crippen molar-refractivity contribution in [3.8, 4) is 0 Å². The van der Waals surface area contributed by atoms with E-state index in [0.29, 0.717) is 17.0 Å². The second-order valence-corrected chi connectivity index (χ2v) is 6.81. The van der Waals surface area contributed by atoms with Crippen molar-refractivity contribution in [2.75, 3.05) is 6.61 Å². The van der Waals surface area contributed by atoms with E-state index in [2.05, 4.69) is 4.40 Å². The molecule has 1 N–H and O–H groups in total. The number of aliphatic hydroxyl groups excluding tert-OH is 1. The summed E-state index contributed by atoms with van der Waals surface area (Å²) in [4.78, 5) is 0.277. The molecule has 0 amide bonds. The van der Waals surface area contributed by atoms with Crippen LogP contribution >= 0.6 is 11.8 Å². The van der Waals surface area contributed by atoms with E-state index in [4.69, 9.17) is 5.11 Å². The molecule has 0 saturated heterocycles. The normalized spacial score (nSPS) is 18.6. The number of nitrogens with zero attached hydrogens (tertiary/aromatic N) is 1. The molecule has 1 aromatic rings. The maximum Gasteiger partial charge on any atom is 0.284 e. The largest absolute Gasteiger partial charge is 0.396 e. The van der Waals surface area contributed by atoms with Gasteiger partial charge in [0.05, 0.1) is 4.90 Å². The first-order chi connectivity index (χ1) is 8.04. The van der Waals surface area contributed by atoms with Gasteiger partial charge in [-0.3, -0.25) is 0 Å². The fraction of sp³-hybridized carbons (Fsp3) is 0.364.